The smallest absolute Gasteiger partial charge is 0.134 e. The first-order valence-electron chi connectivity index (χ1n) is 3.40. The molecule has 0 aliphatic rings. The van der Waals surface area contributed by atoms with Gasteiger partial charge in [0.15, 0.2) is 0 Å². The van der Waals surface area contributed by atoms with Crippen molar-refractivity contribution in [3.63, 3.8) is 0 Å². The van der Waals surface area contributed by atoms with Crippen LogP contribution in [0, 0.1) is 0 Å². The summed E-state index contributed by atoms with van der Waals surface area (Å²) >= 11 is 0. The fourth-order valence-corrected chi connectivity index (χ4v) is 1.92. The number of hydrogen-bond donors (Lipinski definition) is 0. The minimum Gasteiger partial charge on any atom is -0.360 e. The van der Waals surface area contributed by atoms with Gasteiger partial charge in [-0.2, -0.15) is 0 Å². The van der Waals surface area contributed by atoms with Crippen LogP contribution in [-0.2, 0) is 14.9 Å². The molecular weight excluding hydrogens is 148 g/mol. The Morgan fingerprint density at radius 1 is 1.30 bits per heavy atom. The molecule has 0 aromatic rings. The molecule has 0 bridgehead atoms. The number of rotatable bonds is 5. The molecule has 0 saturated carbocycles. The van der Waals surface area contributed by atoms with Gasteiger partial charge in [0.05, 0.1) is 9.52 Å². The molecule has 0 unspecified atom stereocenters. The van der Waals surface area contributed by atoms with Gasteiger partial charge in [0.1, 0.15) is 5.91 Å². The molecule has 0 aromatic carbocycles. The van der Waals surface area contributed by atoms with Crippen molar-refractivity contribution < 1.29 is 14.9 Å². The molecule has 3 nitrogen and oxygen atoms in total. The lowest BCUT2D eigenvalue weighted by Gasteiger charge is -2.10. The minimum atomic E-state index is -0.119. The fourth-order valence-electron chi connectivity index (χ4n) is 0.703. The van der Waals surface area contributed by atoms with Crippen LogP contribution in [0.5, 0.6) is 0 Å². The number of hydrogen-bond acceptors (Lipinski definition) is 2. The Bertz CT molecular complexity index is 57.0. The first-order chi connectivity index (χ1) is 4.35. The zero-order valence-corrected chi connectivity index (χ0v) is 8.34. The van der Waals surface area contributed by atoms with Crippen LogP contribution in [0.1, 0.15) is 13.3 Å². The molecule has 0 heterocycles. The van der Waals surface area contributed by atoms with Crippen LogP contribution in [0.3, 0.4) is 0 Å². The monoisotopic (exact) mass is 164 g/mol. The molecule has 0 aromatic heterocycles. The average molecular weight is 164 g/mol. The fraction of sp³-hybridized carbons (Fsp3) is 1.00. The highest BCUT2D eigenvalue weighted by Gasteiger charge is 2.02. The first-order valence-corrected chi connectivity index (χ1v) is 5.22. The highest BCUT2D eigenvalue weighted by atomic mass is 28.2. The Morgan fingerprint density at radius 2 is 1.80 bits per heavy atom. The first kappa shape index (κ1) is 12.7. The van der Waals surface area contributed by atoms with Gasteiger partial charge in [0, 0.05) is 19.7 Å². The second kappa shape index (κ2) is 9.10. The van der Waals surface area contributed by atoms with Crippen molar-refractivity contribution >= 4 is 9.52 Å². The van der Waals surface area contributed by atoms with Crippen LogP contribution in [0.25, 0.3) is 0 Å². The maximum atomic E-state index is 5.04. The third kappa shape index (κ3) is 6.22. The van der Waals surface area contributed by atoms with Gasteiger partial charge in [-0.3, -0.25) is 0 Å². The second-order valence-electron chi connectivity index (χ2n) is 2.04. The van der Waals surface area contributed by atoms with Crippen LogP contribution in [0.15, 0.2) is 0 Å². The van der Waals surface area contributed by atoms with Crippen LogP contribution in [-0.4, -0.2) is 29.7 Å². The van der Waals surface area contributed by atoms with E-state index in [1.807, 2.05) is 0 Å². The summed E-state index contributed by atoms with van der Waals surface area (Å²) in [5.74, 6) is 0.143. The molecule has 10 heavy (non-hydrogen) atoms. The molecule has 4 heteroatoms. The molecule has 62 valence electrons. The molecule has 0 aliphatic heterocycles. The van der Waals surface area contributed by atoms with Crippen molar-refractivity contribution in [3.05, 3.63) is 0 Å². The molecule has 0 saturated heterocycles. The van der Waals surface area contributed by atoms with Gasteiger partial charge in [-0.15, -0.1) is 0 Å². The zero-order chi connectivity index (χ0) is 7.11. The molecule has 0 atom stereocenters. The third-order valence-corrected chi connectivity index (χ3v) is 3.57. The largest absolute Gasteiger partial charge is 0.360 e. The quantitative estimate of drug-likeness (QED) is 0.437. The Morgan fingerprint density at radius 3 is 2.10 bits per heavy atom. The highest BCUT2D eigenvalue weighted by molar-refractivity contribution is 6.36. The van der Waals surface area contributed by atoms with E-state index in [1.54, 1.807) is 14.2 Å². The maximum absolute atomic E-state index is 5.04. The van der Waals surface area contributed by atoms with E-state index in [-0.39, 0.29) is 20.9 Å². The predicted molar refractivity (Wildman–Crippen MR) is 42.1 cm³/mol. The molecule has 0 spiro atoms. The summed E-state index contributed by atoms with van der Waals surface area (Å²) in [6, 6.07) is 1.31. The van der Waals surface area contributed by atoms with E-state index in [2.05, 4.69) is 6.92 Å². The van der Waals surface area contributed by atoms with E-state index in [0.717, 1.165) is 0 Å². The van der Waals surface area contributed by atoms with Gasteiger partial charge in [-0.25, -0.2) is 0 Å². The summed E-state index contributed by atoms with van der Waals surface area (Å²) < 4.78 is 10.1. The molecule has 0 rings (SSSR count). The molecule has 0 amide bonds. The lowest BCUT2D eigenvalue weighted by Crippen LogP contribution is -2.20. The SMILES string of the molecule is CCC[SiH2]C(OC)OC.[O]. The van der Waals surface area contributed by atoms with Crippen LogP contribution < -0.4 is 0 Å². The Balaban J connectivity index is 0. The van der Waals surface area contributed by atoms with E-state index in [4.69, 9.17) is 9.47 Å². The third-order valence-electron chi connectivity index (χ3n) is 1.32. The Hall–Kier alpha value is 0.0969. The summed E-state index contributed by atoms with van der Waals surface area (Å²) in [4.78, 5) is 0. The van der Waals surface area contributed by atoms with E-state index in [9.17, 15) is 0 Å². The van der Waals surface area contributed by atoms with Crippen molar-refractivity contribution in [2.24, 2.45) is 0 Å². The van der Waals surface area contributed by atoms with Gasteiger partial charge in [0.2, 0.25) is 0 Å². The molecule has 2 radical (unpaired) electrons. The topological polar surface area (TPSA) is 47.0 Å². The second-order valence-corrected chi connectivity index (χ2v) is 3.99. The summed E-state index contributed by atoms with van der Waals surface area (Å²) in [5, 5.41) is 0. The van der Waals surface area contributed by atoms with Gasteiger partial charge < -0.3 is 9.47 Å². The van der Waals surface area contributed by atoms with E-state index < -0.39 is 0 Å². The van der Waals surface area contributed by atoms with E-state index in [0.29, 0.717) is 0 Å². The van der Waals surface area contributed by atoms with Gasteiger partial charge >= 0.3 is 0 Å². The molecular formula is C6H16O3Si. The average Bonchev–Trinajstić information content (AvgIpc) is 1.91. The van der Waals surface area contributed by atoms with Gasteiger partial charge in [0.25, 0.3) is 0 Å². The van der Waals surface area contributed by atoms with Gasteiger partial charge in [-0.05, 0) is 0 Å². The lowest BCUT2D eigenvalue weighted by atomic mass is 10.6. The van der Waals surface area contributed by atoms with Crippen molar-refractivity contribution in [2.75, 3.05) is 14.2 Å². The number of methoxy groups -OCH3 is 2. The van der Waals surface area contributed by atoms with Crippen molar-refractivity contribution in [3.8, 4) is 0 Å². The van der Waals surface area contributed by atoms with Crippen LogP contribution in [0.2, 0.25) is 6.04 Å². The Kier molecular flexibility index (Phi) is 11.6. The van der Waals surface area contributed by atoms with Crippen molar-refractivity contribution in [2.45, 2.75) is 25.3 Å². The summed E-state index contributed by atoms with van der Waals surface area (Å²) in [7, 11) is 3.29. The maximum Gasteiger partial charge on any atom is 0.134 e. The highest BCUT2D eigenvalue weighted by Crippen LogP contribution is 1.94. The summed E-state index contributed by atoms with van der Waals surface area (Å²) in [6.07, 6.45) is 1.26. The Labute approximate surface area is 64.8 Å². The molecule has 0 aliphatic carbocycles. The zero-order valence-electron chi connectivity index (χ0n) is 6.92. The minimum absolute atomic E-state index is 0. The van der Waals surface area contributed by atoms with E-state index in [1.165, 1.54) is 12.5 Å². The standard InChI is InChI=1S/C6H16O2Si.O/c1-4-5-9-6(7-2)8-3;/h6H,4-5,9H2,1-3H3;. The normalized spacial score (nSPS) is 10.8. The van der Waals surface area contributed by atoms with Gasteiger partial charge in [-0.1, -0.05) is 19.4 Å². The summed E-state index contributed by atoms with van der Waals surface area (Å²) in [5.41, 5.74) is 0. The van der Waals surface area contributed by atoms with E-state index >= 15 is 0 Å². The van der Waals surface area contributed by atoms with Crippen LogP contribution in [0.4, 0.5) is 0 Å². The van der Waals surface area contributed by atoms with Crippen molar-refractivity contribution in [1.82, 2.24) is 0 Å². The summed E-state index contributed by atoms with van der Waals surface area (Å²) in [6.45, 7) is 2.19. The van der Waals surface area contributed by atoms with Crippen molar-refractivity contribution in [1.29, 1.82) is 0 Å². The van der Waals surface area contributed by atoms with Crippen LogP contribution >= 0.6 is 0 Å². The molecule has 0 N–H and O–H groups in total. The molecule has 0 fully saturated rings. The lowest BCUT2D eigenvalue weighted by molar-refractivity contribution is -0.0441. The predicted octanol–water partition coefficient (Wildman–Crippen LogP) is 0.441. The number of ether oxygens (including phenoxy) is 2.